The summed E-state index contributed by atoms with van der Waals surface area (Å²) in [5, 5.41) is 11.3. The van der Waals surface area contributed by atoms with Crippen LogP contribution >= 0.6 is 0 Å². The highest BCUT2D eigenvalue weighted by Gasteiger charge is 2.18. The number of rotatable bonds is 8. The molecular formula is C16H23NO4. The molecule has 0 aliphatic rings. The fourth-order valence-electron chi connectivity index (χ4n) is 1.96. The number of amides is 1. The fraction of sp³-hybridized carbons (Fsp3) is 0.500. The molecule has 1 amide bonds. The van der Waals surface area contributed by atoms with Crippen molar-refractivity contribution in [2.24, 2.45) is 0 Å². The number of benzene rings is 1. The van der Waals surface area contributed by atoms with Crippen molar-refractivity contribution < 1.29 is 19.4 Å². The van der Waals surface area contributed by atoms with Gasteiger partial charge in [-0.25, -0.2) is 4.79 Å². The number of nitrogens with one attached hydrogen (secondary N) is 1. The first-order valence-corrected chi connectivity index (χ1v) is 7.23. The van der Waals surface area contributed by atoms with E-state index in [9.17, 15) is 9.59 Å². The number of para-hydroxylation sites is 1. The van der Waals surface area contributed by atoms with Crippen LogP contribution in [0.25, 0.3) is 0 Å². The van der Waals surface area contributed by atoms with Gasteiger partial charge in [-0.2, -0.15) is 0 Å². The summed E-state index contributed by atoms with van der Waals surface area (Å²) >= 11 is 0. The van der Waals surface area contributed by atoms with E-state index in [0.29, 0.717) is 18.1 Å². The van der Waals surface area contributed by atoms with Gasteiger partial charge in [0, 0.05) is 0 Å². The second-order valence-corrected chi connectivity index (χ2v) is 5.00. The molecule has 2 N–H and O–H groups in total. The molecule has 116 valence electrons. The number of aliphatic carboxylic acids is 1. The van der Waals surface area contributed by atoms with Gasteiger partial charge in [-0.15, -0.1) is 0 Å². The Kier molecular flexibility index (Phi) is 6.72. The molecule has 5 heteroatoms. The highest BCUT2D eigenvalue weighted by atomic mass is 16.5. The van der Waals surface area contributed by atoms with Gasteiger partial charge < -0.3 is 15.2 Å². The third-order valence-electron chi connectivity index (χ3n) is 3.46. The summed E-state index contributed by atoms with van der Waals surface area (Å²) in [5.41, 5.74) is 1.05. The van der Waals surface area contributed by atoms with Gasteiger partial charge in [0.25, 0.3) is 5.91 Å². The van der Waals surface area contributed by atoms with Crippen molar-refractivity contribution in [3.63, 3.8) is 0 Å². The minimum atomic E-state index is -1.04. The molecular weight excluding hydrogens is 270 g/mol. The number of carboxylic acids is 1. The van der Waals surface area contributed by atoms with Gasteiger partial charge in [-0.3, -0.25) is 4.79 Å². The van der Waals surface area contributed by atoms with E-state index in [0.717, 1.165) is 12.0 Å². The highest BCUT2D eigenvalue weighted by Crippen LogP contribution is 2.28. The predicted octanol–water partition coefficient (Wildman–Crippen LogP) is 2.56. The number of ether oxygens (including phenoxy) is 1. The highest BCUT2D eigenvalue weighted by molar-refractivity contribution is 5.84. The second kappa shape index (κ2) is 8.29. The third kappa shape index (κ3) is 5.10. The first kappa shape index (κ1) is 17.0. The maximum absolute atomic E-state index is 11.7. The van der Waals surface area contributed by atoms with Gasteiger partial charge in [0.15, 0.2) is 6.61 Å². The minimum absolute atomic E-state index is 0.183. The summed E-state index contributed by atoms with van der Waals surface area (Å²) in [5.74, 6) is -0.453. The molecule has 21 heavy (non-hydrogen) atoms. The first-order chi connectivity index (χ1) is 9.99. The van der Waals surface area contributed by atoms with E-state index >= 15 is 0 Å². The lowest BCUT2D eigenvalue weighted by atomic mass is 9.98. The van der Waals surface area contributed by atoms with Crippen LogP contribution in [-0.4, -0.2) is 29.6 Å². The van der Waals surface area contributed by atoms with Crippen LogP contribution in [0.4, 0.5) is 0 Å². The van der Waals surface area contributed by atoms with Crippen molar-refractivity contribution in [2.75, 3.05) is 6.61 Å². The van der Waals surface area contributed by atoms with Crippen molar-refractivity contribution >= 4 is 11.9 Å². The van der Waals surface area contributed by atoms with Crippen LogP contribution in [0, 0.1) is 0 Å². The maximum atomic E-state index is 11.7. The Morgan fingerprint density at radius 2 is 1.90 bits per heavy atom. The third-order valence-corrected chi connectivity index (χ3v) is 3.46. The van der Waals surface area contributed by atoms with Crippen molar-refractivity contribution in [1.82, 2.24) is 5.32 Å². The summed E-state index contributed by atoms with van der Waals surface area (Å²) < 4.78 is 5.54. The molecule has 2 atom stereocenters. The molecule has 0 bridgehead atoms. The van der Waals surface area contributed by atoms with Crippen LogP contribution in [0.5, 0.6) is 5.75 Å². The van der Waals surface area contributed by atoms with Crippen LogP contribution in [-0.2, 0) is 9.59 Å². The molecule has 0 heterocycles. The average Bonchev–Trinajstić information content (AvgIpc) is 2.49. The number of carbonyl (C=O) groups excluding carboxylic acids is 1. The van der Waals surface area contributed by atoms with Gasteiger partial charge in [0.1, 0.15) is 11.8 Å². The van der Waals surface area contributed by atoms with Gasteiger partial charge in [-0.05, 0) is 30.4 Å². The molecule has 0 aliphatic heterocycles. The van der Waals surface area contributed by atoms with E-state index in [1.54, 1.807) is 6.92 Å². The van der Waals surface area contributed by atoms with Crippen LogP contribution in [0.2, 0.25) is 0 Å². The van der Waals surface area contributed by atoms with E-state index in [2.05, 4.69) is 19.2 Å². The van der Waals surface area contributed by atoms with Gasteiger partial charge >= 0.3 is 5.97 Å². The standard InChI is InChI=1S/C16H23NO4/c1-4-11(3)12-8-6-7-9-14(12)21-10-15(18)17-13(5-2)16(19)20/h6-9,11,13H,4-5,10H2,1-3H3,(H,17,18)(H,19,20). The average molecular weight is 293 g/mol. The molecule has 5 nitrogen and oxygen atoms in total. The van der Waals surface area contributed by atoms with Crippen LogP contribution in [0.3, 0.4) is 0 Å². The smallest absolute Gasteiger partial charge is 0.326 e. The zero-order valence-corrected chi connectivity index (χ0v) is 12.8. The molecule has 1 aromatic carbocycles. The number of carboxylic acid groups (broad SMARTS) is 1. The zero-order valence-electron chi connectivity index (χ0n) is 12.8. The number of carbonyl (C=O) groups is 2. The molecule has 0 fully saturated rings. The molecule has 0 saturated carbocycles. The van der Waals surface area contributed by atoms with Gasteiger partial charge in [0.05, 0.1) is 0 Å². The Hall–Kier alpha value is -2.04. The van der Waals surface area contributed by atoms with Crippen molar-refractivity contribution in [3.05, 3.63) is 29.8 Å². The summed E-state index contributed by atoms with van der Waals surface area (Å²) in [6, 6.07) is 6.72. The Bertz CT molecular complexity index is 487. The zero-order chi connectivity index (χ0) is 15.8. The van der Waals surface area contributed by atoms with Crippen molar-refractivity contribution in [3.8, 4) is 5.75 Å². The molecule has 0 spiro atoms. The Morgan fingerprint density at radius 1 is 1.24 bits per heavy atom. The van der Waals surface area contributed by atoms with E-state index in [1.165, 1.54) is 0 Å². The predicted molar refractivity (Wildman–Crippen MR) is 80.5 cm³/mol. The number of hydrogen-bond donors (Lipinski definition) is 2. The summed E-state index contributed by atoms with van der Waals surface area (Å²) in [7, 11) is 0. The minimum Gasteiger partial charge on any atom is -0.483 e. The lowest BCUT2D eigenvalue weighted by Crippen LogP contribution is -2.42. The Morgan fingerprint density at radius 3 is 2.48 bits per heavy atom. The molecule has 1 aromatic rings. The summed E-state index contributed by atoms with van der Waals surface area (Å²) in [6.45, 7) is 5.71. The molecule has 0 saturated heterocycles. The summed E-state index contributed by atoms with van der Waals surface area (Å²) in [4.78, 5) is 22.6. The largest absolute Gasteiger partial charge is 0.483 e. The monoisotopic (exact) mass is 293 g/mol. The molecule has 1 rings (SSSR count). The van der Waals surface area contributed by atoms with Gasteiger partial charge in [-0.1, -0.05) is 39.0 Å². The summed E-state index contributed by atoms with van der Waals surface area (Å²) in [6.07, 6.45) is 1.31. The van der Waals surface area contributed by atoms with Crippen LogP contribution in [0.15, 0.2) is 24.3 Å². The molecule has 2 unspecified atom stereocenters. The van der Waals surface area contributed by atoms with E-state index < -0.39 is 17.9 Å². The Balaban J connectivity index is 2.63. The molecule has 0 aromatic heterocycles. The quantitative estimate of drug-likeness (QED) is 0.772. The fourth-order valence-corrected chi connectivity index (χ4v) is 1.96. The van der Waals surface area contributed by atoms with Crippen molar-refractivity contribution in [1.29, 1.82) is 0 Å². The lowest BCUT2D eigenvalue weighted by Gasteiger charge is -2.16. The molecule has 0 aliphatic carbocycles. The number of hydrogen-bond acceptors (Lipinski definition) is 3. The maximum Gasteiger partial charge on any atom is 0.326 e. The van der Waals surface area contributed by atoms with E-state index in [4.69, 9.17) is 9.84 Å². The topological polar surface area (TPSA) is 75.6 Å². The van der Waals surface area contributed by atoms with Crippen LogP contribution in [0.1, 0.15) is 45.1 Å². The van der Waals surface area contributed by atoms with E-state index in [1.807, 2.05) is 24.3 Å². The van der Waals surface area contributed by atoms with Gasteiger partial charge in [0.2, 0.25) is 0 Å². The van der Waals surface area contributed by atoms with E-state index in [-0.39, 0.29) is 6.61 Å². The normalized spacial score (nSPS) is 13.3. The Labute approximate surface area is 125 Å². The SMILES string of the molecule is CCC(NC(=O)COc1ccccc1C(C)CC)C(=O)O. The van der Waals surface area contributed by atoms with Crippen molar-refractivity contribution in [2.45, 2.75) is 45.6 Å². The second-order valence-electron chi connectivity index (χ2n) is 5.00. The lowest BCUT2D eigenvalue weighted by molar-refractivity contribution is -0.142. The van der Waals surface area contributed by atoms with Crippen LogP contribution < -0.4 is 10.1 Å². The molecule has 0 radical (unpaired) electrons. The first-order valence-electron chi connectivity index (χ1n) is 7.23.